The molecule has 15 heavy (non-hydrogen) atoms. The van der Waals surface area contributed by atoms with Crippen molar-refractivity contribution in [3.63, 3.8) is 0 Å². The average Bonchev–Trinajstić information content (AvgIpc) is 2.26. The molecule has 82 valence electrons. The van der Waals surface area contributed by atoms with Crippen molar-refractivity contribution in [2.24, 2.45) is 5.73 Å². The third kappa shape index (κ3) is 3.27. The Morgan fingerprint density at radius 3 is 2.33 bits per heavy atom. The molecule has 0 spiro atoms. The molecule has 0 radical (unpaired) electrons. The van der Waals surface area contributed by atoms with Gasteiger partial charge in [-0.25, -0.2) is 0 Å². The van der Waals surface area contributed by atoms with E-state index in [4.69, 9.17) is 10.5 Å². The van der Waals surface area contributed by atoms with Crippen molar-refractivity contribution in [3.8, 4) is 5.75 Å². The van der Waals surface area contributed by atoms with Crippen LogP contribution in [0, 0.1) is 0 Å². The SMILES string of the molecule is CCc1ccc(OC(CC)C(N)=O)cc1. The molecule has 2 N–H and O–H groups in total. The van der Waals surface area contributed by atoms with Crippen LogP contribution in [0.3, 0.4) is 0 Å². The Bertz CT molecular complexity index is 319. The van der Waals surface area contributed by atoms with Crippen molar-refractivity contribution < 1.29 is 9.53 Å². The number of hydrogen-bond donors (Lipinski definition) is 1. The van der Waals surface area contributed by atoms with Crippen LogP contribution in [-0.2, 0) is 11.2 Å². The molecule has 0 aliphatic rings. The summed E-state index contributed by atoms with van der Waals surface area (Å²) >= 11 is 0. The van der Waals surface area contributed by atoms with E-state index >= 15 is 0 Å². The quantitative estimate of drug-likeness (QED) is 0.801. The first-order valence-corrected chi connectivity index (χ1v) is 5.22. The number of primary amides is 1. The molecule has 0 aliphatic heterocycles. The molecule has 0 saturated heterocycles. The molecule has 1 rings (SSSR count). The van der Waals surface area contributed by atoms with E-state index < -0.39 is 12.0 Å². The Morgan fingerprint density at radius 1 is 1.33 bits per heavy atom. The van der Waals surface area contributed by atoms with Crippen molar-refractivity contribution in [1.29, 1.82) is 0 Å². The van der Waals surface area contributed by atoms with Crippen molar-refractivity contribution in [2.45, 2.75) is 32.8 Å². The smallest absolute Gasteiger partial charge is 0.258 e. The van der Waals surface area contributed by atoms with Crippen molar-refractivity contribution in [1.82, 2.24) is 0 Å². The summed E-state index contributed by atoms with van der Waals surface area (Å²) in [5.41, 5.74) is 6.43. The maximum atomic E-state index is 11.0. The first-order chi connectivity index (χ1) is 7.17. The third-order valence-electron chi connectivity index (χ3n) is 2.30. The molecule has 1 unspecified atom stereocenters. The Labute approximate surface area is 90.2 Å². The van der Waals surface area contributed by atoms with Gasteiger partial charge in [0.25, 0.3) is 5.91 Å². The second kappa shape index (κ2) is 5.39. The molecule has 1 aromatic rings. The molecule has 0 bridgehead atoms. The summed E-state index contributed by atoms with van der Waals surface area (Å²) in [6.07, 6.45) is 1.05. The molecule has 0 heterocycles. The van der Waals surface area contributed by atoms with Crippen molar-refractivity contribution >= 4 is 5.91 Å². The van der Waals surface area contributed by atoms with Gasteiger partial charge < -0.3 is 10.5 Å². The summed E-state index contributed by atoms with van der Waals surface area (Å²) < 4.78 is 5.45. The van der Waals surface area contributed by atoms with Gasteiger partial charge in [0.2, 0.25) is 0 Å². The highest BCUT2D eigenvalue weighted by molar-refractivity contribution is 5.79. The van der Waals surface area contributed by atoms with Crippen molar-refractivity contribution in [3.05, 3.63) is 29.8 Å². The normalized spacial score (nSPS) is 12.1. The third-order valence-corrected chi connectivity index (χ3v) is 2.30. The van der Waals surface area contributed by atoms with Crippen LogP contribution >= 0.6 is 0 Å². The lowest BCUT2D eigenvalue weighted by molar-refractivity contribution is -0.124. The zero-order valence-electron chi connectivity index (χ0n) is 9.19. The molecule has 0 aliphatic carbocycles. The molecule has 3 nitrogen and oxygen atoms in total. The number of carbonyl (C=O) groups is 1. The van der Waals surface area contributed by atoms with Gasteiger partial charge in [0.05, 0.1) is 0 Å². The fraction of sp³-hybridized carbons (Fsp3) is 0.417. The van der Waals surface area contributed by atoms with E-state index in [2.05, 4.69) is 6.92 Å². The van der Waals surface area contributed by atoms with Crippen LogP contribution in [0.1, 0.15) is 25.8 Å². The van der Waals surface area contributed by atoms with Gasteiger partial charge in [0.1, 0.15) is 5.75 Å². The lowest BCUT2D eigenvalue weighted by Crippen LogP contribution is -2.32. The van der Waals surface area contributed by atoms with Gasteiger partial charge >= 0.3 is 0 Å². The van der Waals surface area contributed by atoms with E-state index in [-0.39, 0.29) is 0 Å². The molecular formula is C12H17NO2. The zero-order chi connectivity index (χ0) is 11.3. The molecule has 0 fully saturated rings. The highest BCUT2D eigenvalue weighted by Gasteiger charge is 2.13. The number of ether oxygens (including phenoxy) is 1. The predicted octanol–water partition coefficient (Wildman–Crippen LogP) is 1.89. The lowest BCUT2D eigenvalue weighted by Gasteiger charge is -2.14. The van der Waals surface area contributed by atoms with E-state index in [9.17, 15) is 4.79 Å². The molecular weight excluding hydrogens is 190 g/mol. The van der Waals surface area contributed by atoms with E-state index in [0.717, 1.165) is 6.42 Å². The summed E-state index contributed by atoms with van der Waals surface area (Å²) in [5, 5.41) is 0. The molecule has 0 aromatic heterocycles. The monoisotopic (exact) mass is 207 g/mol. The fourth-order valence-electron chi connectivity index (χ4n) is 1.31. The number of rotatable bonds is 5. The number of hydrogen-bond acceptors (Lipinski definition) is 2. The van der Waals surface area contributed by atoms with E-state index in [1.807, 2.05) is 31.2 Å². The second-order valence-corrected chi connectivity index (χ2v) is 3.41. The van der Waals surface area contributed by atoms with Crippen LogP contribution in [0.5, 0.6) is 5.75 Å². The van der Waals surface area contributed by atoms with E-state index in [1.165, 1.54) is 5.56 Å². The number of amides is 1. The number of benzene rings is 1. The first kappa shape index (κ1) is 11.6. The van der Waals surface area contributed by atoms with E-state index in [1.54, 1.807) is 0 Å². The van der Waals surface area contributed by atoms with Gasteiger partial charge in [-0.05, 0) is 30.5 Å². The van der Waals surface area contributed by atoms with Gasteiger partial charge in [-0.1, -0.05) is 26.0 Å². The Morgan fingerprint density at radius 2 is 1.93 bits per heavy atom. The number of aryl methyl sites for hydroxylation is 1. The highest BCUT2D eigenvalue weighted by atomic mass is 16.5. The zero-order valence-corrected chi connectivity index (χ0v) is 9.19. The number of nitrogens with two attached hydrogens (primary N) is 1. The highest BCUT2D eigenvalue weighted by Crippen LogP contribution is 2.15. The molecule has 3 heteroatoms. The van der Waals surface area contributed by atoms with Crippen LogP contribution in [0.2, 0.25) is 0 Å². The van der Waals surface area contributed by atoms with Crippen LogP contribution in [0.15, 0.2) is 24.3 Å². The summed E-state index contributed by atoms with van der Waals surface area (Å²) in [6.45, 7) is 3.96. The topological polar surface area (TPSA) is 52.3 Å². The Hall–Kier alpha value is -1.51. The molecule has 1 amide bonds. The summed E-state index contributed by atoms with van der Waals surface area (Å²) in [5.74, 6) is 0.273. The average molecular weight is 207 g/mol. The van der Waals surface area contributed by atoms with Gasteiger partial charge in [-0.3, -0.25) is 4.79 Å². The minimum Gasteiger partial charge on any atom is -0.481 e. The Balaban J connectivity index is 2.67. The van der Waals surface area contributed by atoms with Gasteiger partial charge in [-0.15, -0.1) is 0 Å². The minimum absolute atomic E-state index is 0.419. The summed E-state index contributed by atoms with van der Waals surface area (Å²) in [7, 11) is 0. The van der Waals surface area contributed by atoms with Crippen LogP contribution in [0.25, 0.3) is 0 Å². The summed E-state index contributed by atoms with van der Waals surface area (Å²) in [6, 6.07) is 7.71. The first-order valence-electron chi connectivity index (χ1n) is 5.22. The maximum absolute atomic E-state index is 11.0. The van der Waals surface area contributed by atoms with E-state index in [0.29, 0.717) is 12.2 Å². The van der Waals surface area contributed by atoms with Crippen LogP contribution in [-0.4, -0.2) is 12.0 Å². The van der Waals surface area contributed by atoms with Crippen molar-refractivity contribution in [2.75, 3.05) is 0 Å². The fourth-order valence-corrected chi connectivity index (χ4v) is 1.31. The number of carbonyl (C=O) groups excluding carboxylic acids is 1. The van der Waals surface area contributed by atoms with Crippen LogP contribution < -0.4 is 10.5 Å². The largest absolute Gasteiger partial charge is 0.481 e. The molecule has 1 aromatic carbocycles. The standard InChI is InChI=1S/C12H17NO2/c1-3-9-5-7-10(8-6-9)15-11(4-2)12(13)14/h5-8,11H,3-4H2,1-2H3,(H2,13,14). The van der Waals surface area contributed by atoms with Gasteiger partial charge in [0.15, 0.2) is 6.10 Å². The lowest BCUT2D eigenvalue weighted by atomic mass is 10.2. The van der Waals surface area contributed by atoms with Gasteiger partial charge in [-0.2, -0.15) is 0 Å². The minimum atomic E-state index is -0.530. The van der Waals surface area contributed by atoms with Crippen LogP contribution in [0.4, 0.5) is 0 Å². The molecule has 1 atom stereocenters. The predicted molar refractivity (Wildman–Crippen MR) is 59.7 cm³/mol. The Kier molecular flexibility index (Phi) is 4.16. The second-order valence-electron chi connectivity index (χ2n) is 3.41. The molecule has 0 saturated carbocycles. The van der Waals surface area contributed by atoms with Gasteiger partial charge in [0, 0.05) is 0 Å². The summed E-state index contributed by atoms with van der Waals surface area (Å²) in [4.78, 5) is 11.0. The maximum Gasteiger partial charge on any atom is 0.258 e.